The molecule has 0 unspecified atom stereocenters. The van der Waals surface area contributed by atoms with Crippen molar-refractivity contribution in [2.24, 2.45) is 0 Å². The van der Waals surface area contributed by atoms with E-state index < -0.39 is 0 Å². The van der Waals surface area contributed by atoms with Crippen molar-refractivity contribution in [3.63, 3.8) is 0 Å². The number of anilines is 1. The summed E-state index contributed by atoms with van der Waals surface area (Å²) in [5, 5.41) is 9.16. The Morgan fingerprint density at radius 1 is 1.32 bits per heavy atom. The number of hydrogen-bond acceptors (Lipinski definition) is 3. The molecule has 2 rings (SSSR count). The third-order valence-electron chi connectivity index (χ3n) is 3.47. The van der Waals surface area contributed by atoms with Crippen molar-refractivity contribution < 1.29 is 9.90 Å². The molecule has 0 spiro atoms. The van der Waals surface area contributed by atoms with Crippen LogP contribution in [0.25, 0.3) is 0 Å². The summed E-state index contributed by atoms with van der Waals surface area (Å²) in [6, 6.07) is 10.2. The maximum atomic E-state index is 12.3. The van der Waals surface area contributed by atoms with Crippen LogP contribution in [0.15, 0.2) is 30.3 Å². The predicted octanol–water partition coefficient (Wildman–Crippen LogP) is 1.50. The Hall–Kier alpha value is -1.55. The summed E-state index contributed by atoms with van der Waals surface area (Å²) >= 11 is 0. The van der Waals surface area contributed by atoms with Gasteiger partial charge in [-0.3, -0.25) is 4.79 Å². The quantitative estimate of drug-likeness (QED) is 0.810. The predicted molar refractivity (Wildman–Crippen MR) is 76.1 cm³/mol. The molecule has 1 aliphatic carbocycles. The summed E-state index contributed by atoms with van der Waals surface area (Å²) in [6.45, 7) is 3.67. The molecule has 4 heteroatoms. The molecule has 1 fully saturated rings. The molecule has 1 amide bonds. The van der Waals surface area contributed by atoms with Crippen molar-refractivity contribution in [3.05, 3.63) is 30.3 Å². The van der Waals surface area contributed by atoms with Crippen molar-refractivity contribution in [1.29, 1.82) is 0 Å². The lowest BCUT2D eigenvalue weighted by Crippen LogP contribution is -2.42. The van der Waals surface area contributed by atoms with Crippen LogP contribution in [0.5, 0.6) is 0 Å². The van der Waals surface area contributed by atoms with E-state index in [0.717, 1.165) is 25.1 Å². The van der Waals surface area contributed by atoms with Crippen LogP contribution >= 0.6 is 0 Å². The van der Waals surface area contributed by atoms with Crippen LogP contribution in [0, 0.1) is 0 Å². The molecule has 1 aliphatic rings. The minimum absolute atomic E-state index is 0.0533. The zero-order valence-corrected chi connectivity index (χ0v) is 11.5. The van der Waals surface area contributed by atoms with E-state index in [-0.39, 0.29) is 12.5 Å². The second kappa shape index (κ2) is 6.57. The molecule has 19 heavy (non-hydrogen) atoms. The minimum Gasteiger partial charge on any atom is -0.395 e. The Morgan fingerprint density at radius 3 is 2.53 bits per heavy atom. The summed E-state index contributed by atoms with van der Waals surface area (Å²) in [5.74, 6) is 0.155. The van der Waals surface area contributed by atoms with Gasteiger partial charge in [-0.05, 0) is 31.9 Å². The number of amides is 1. The van der Waals surface area contributed by atoms with Gasteiger partial charge in [-0.1, -0.05) is 18.2 Å². The van der Waals surface area contributed by atoms with Gasteiger partial charge in [0, 0.05) is 24.8 Å². The lowest BCUT2D eigenvalue weighted by molar-refractivity contribution is -0.130. The number of aliphatic hydroxyl groups excluding tert-OH is 1. The van der Waals surface area contributed by atoms with E-state index >= 15 is 0 Å². The van der Waals surface area contributed by atoms with Gasteiger partial charge in [0.1, 0.15) is 0 Å². The summed E-state index contributed by atoms with van der Waals surface area (Å²) in [7, 11) is 0. The first-order valence-corrected chi connectivity index (χ1v) is 6.96. The third-order valence-corrected chi connectivity index (χ3v) is 3.47. The van der Waals surface area contributed by atoms with Crippen molar-refractivity contribution >= 4 is 11.6 Å². The Morgan fingerprint density at radius 2 is 2.00 bits per heavy atom. The van der Waals surface area contributed by atoms with Crippen LogP contribution in [0.4, 0.5) is 5.69 Å². The van der Waals surface area contributed by atoms with E-state index in [1.807, 2.05) is 47.1 Å². The number of aliphatic hydroxyl groups is 1. The van der Waals surface area contributed by atoms with Crippen LogP contribution < -0.4 is 4.90 Å². The molecular weight excluding hydrogens is 240 g/mol. The number of rotatable bonds is 7. The van der Waals surface area contributed by atoms with Crippen LogP contribution in [-0.4, -0.2) is 48.2 Å². The average molecular weight is 262 g/mol. The molecule has 104 valence electrons. The molecule has 1 N–H and O–H groups in total. The Balaban J connectivity index is 2.01. The number of carbonyl (C=O) groups is 1. The first-order chi connectivity index (χ1) is 9.26. The number of carbonyl (C=O) groups excluding carboxylic acids is 1. The van der Waals surface area contributed by atoms with Crippen molar-refractivity contribution in [2.45, 2.75) is 25.8 Å². The highest BCUT2D eigenvalue weighted by atomic mass is 16.3. The molecule has 0 atom stereocenters. The highest BCUT2D eigenvalue weighted by Crippen LogP contribution is 2.27. The second-order valence-electron chi connectivity index (χ2n) is 4.89. The van der Waals surface area contributed by atoms with E-state index in [4.69, 9.17) is 5.11 Å². The van der Waals surface area contributed by atoms with Crippen LogP contribution in [0.3, 0.4) is 0 Å². The van der Waals surface area contributed by atoms with Crippen LogP contribution in [-0.2, 0) is 4.79 Å². The zero-order valence-electron chi connectivity index (χ0n) is 11.5. The molecule has 1 aromatic carbocycles. The number of benzene rings is 1. The van der Waals surface area contributed by atoms with Gasteiger partial charge in [0.15, 0.2) is 0 Å². The number of para-hydroxylation sites is 1. The molecule has 0 bridgehead atoms. The summed E-state index contributed by atoms with van der Waals surface area (Å²) < 4.78 is 0. The second-order valence-corrected chi connectivity index (χ2v) is 4.89. The van der Waals surface area contributed by atoms with E-state index in [0.29, 0.717) is 19.1 Å². The number of hydrogen-bond donors (Lipinski definition) is 1. The molecule has 0 aliphatic heterocycles. The van der Waals surface area contributed by atoms with Gasteiger partial charge in [-0.15, -0.1) is 0 Å². The summed E-state index contributed by atoms with van der Waals surface area (Å²) in [5.41, 5.74) is 0.983. The first-order valence-electron chi connectivity index (χ1n) is 6.96. The molecule has 1 saturated carbocycles. The van der Waals surface area contributed by atoms with E-state index in [1.165, 1.54) is 0 Å². The SMILES string of the molecule is CCN(C(=O)CN(CCO)c1ccccc1)C1CC1. The largest absolute Gasteiger partial charge is 0.395 e. The smallest absolute Gasteiger partial charge is 0.242 e. The first kappa shape index (κ1) is 13.9. The number of likely N-dealkylation sites (N-methyl/N-ethyl adjacent to an activating group) is 1. The molecule has 0 heterocycles. The Kier molecular flexibility index (Phi) is 4.80. The number of nitrogens with zero attached hydrogens (tertiary/aromatic N) is 2. The minimum atomic E-state index is 0.0533. The summed E-state index contributed by atoms with van der Waals surface area (Å²) in [6.07, 6.45) is 2.26. The molecule has 0 saturated heterocycles. The fourth-order valence-corrected chi connectivity index (χ4v) is 2.34. The average Bonchev–Trinajstić information content (AvgIpc) is 3.25. The van der Waals surface area contributed by atoms with Crippen LogP contribution in [0.1, 0.15) is 19.8 Å². The zero-order chi connectivity index (χ0) is 13.7. The van der Waals surface area contributed by atoms with Gasteiger partial charge in [0.05, 0.1) is 13.2 Å². The topological polar surface area (TPSA) is 43.8 Å². The standard InChI is InChI=1S/C15H22N2O2/c1-2-17(14-8-9-14)15(19)12-16(10-11-18)13-6-4-3-5-7-13/h3-7,14,18H,2,8-12H2,1H3. The fraction of sp³-hybridized carbons (Fsp3) is 0.533. The van der Waals surface area contributed by atoms with Gasteiger partial charge in [0.25, 0.3) is 0 Å². The van der Waals surface area contributed by atoms with Crippen molar-refractivity contribution in [3.8, 4) is 0 Å². The Bertz CT molecular complexity index is 404. The van der Waals surface area contributed by atoms with Gasteiger partial charge < -0.3 is 14.9 Å². The van der Waals surface area contributed by atoms with Crippen molar-refractivity contribution in [1.82, 2.24) is 4.90 Å². The molecule has 0 aromatic heterocycles. The summed E-state index contributed by atoms with van der Waals surface area (Å²) in [4.78, 5) is 16.2. The van der Waals surface area contributed by atoms with E-state index in [1.54, 1.807) is 0 Å². The van der Waals surface area contributed by atoms with Gasteiger partial charge in [0.2, 0.25) is 5.91 Å². The molecular formula is C15H22N2O2. The monoisotopic (exact) mass is 262 g/mol. The van der Waals surface area contributed by atoms with Gasteiger partial charge in [-0.25, -0.2) is 0 Å². The molecule has 1 aromatic rings. The highest BCUT2D eigenvalue weighted by molar-refractivity contribution is 5.82. The van der Waals surface area contributed by atoms with E-state index in [9.17, 15) is 4.79 Å². The van der Waals surface area contributed by atoms with Crippen molar-refractivity contribution in [2.75, 3.05) is 31.1 Å². The van der Waals surface area contributed by atoms with Crippen LogP contribution in [0.2, 0.25) is 0 Å². The van der Waals surface area contributed by atoms with Gasteiger partial charge >= 0.3 is 0 Å². The highest BCUT2D eigenvalue weighted by Gasteiger charge is 2.31. The lowest BCUT2D eigenvalue weighted by atomic mass is 10.2. The maximum absolute atomic E-state index is 12.3. The lowest BCUT2D eigenvalue weighted by Gasteiger charge is -2.27. The van der Waals surface area contributed by atoms with Gasteiger partial charge in [-0.2, -0.15) is 0 Å². The maximum Gasteiger partial charge on any atom is 0.242 e. The molecule has 0 radical (unpaired) electrons. The third kappa shape index (κ3) is 3.70. The molecule has 4 nitrogen and oxygen atoms in total. The normalized spacial score (nSPS) is 14.2. The Labute approximate surface area is 114 Å². The van der Waals surface area contributed by atoms with E-state index in [2.05, 4.69) is 0 Å². The fourth-order valence-electron chi connectivity index (χ4n) is 2.34.